The van der Waals surface area contributed by atoms with Crippen molar-refractivity contribution in [3.63, 3.8) is 0 Å². The first kappa shape index (κ1) is 13.3. The standard InChI is InChI=1S/C12H17N3O2S/c1-8-4-6-13-12(14-8)18-7-5-10(11(16)17)15-9-2-3-9/h4,6,9-10,15H,2-3,5,7H2,1H3,(H,16,17). The summed E-state index contributed by atoms with van der Waals surface area (Å²) >= 11 is 1.50. The fraction of sp³-hybridized carbons (Fsp3) is 0.583. The van der Waals surface area contributed by atoms with Gasteiger partial charge in [0.1, 0.15) is 6.04 Å². The summed E-state index contributed by atoms with van der Waals surface area (Å²) in [6, 6.07) is 1.81. The molecule has 2 rings (SSSR count). The number of aryl methyl sites for hydroxylation is 1. The molecule has 1 aromatic heterocycles. The van der Waals surface area contributed by atoms with Crippen molar-refractivity contribution in [2.24, 2.45) is 0 Å². The van der Waals surface area contributed by atoms with E-state index in [-0.39, 0.29) is 0 Å². The Balaban J connectivity index is 1.77. The Hall–Kier alpha value is -1.14. The van der Waals surface area contributed by atoms with Crippen LogP contribution in [0.15, 0.2) is 17.4 Å². The molecule has 1 aliphatic carbocycles. The van der Waals surface area contributed by atoms with Gasteiger partial charge in [-0.2, -0.15) is 0 Å². The van der Waals surface area contributed by atoms with Crippen molar-refractivity contribution in [2.45, 2.75) is 43.4 Å². The largest absolute Gasteiger partial charge is 0.480 e. The van der Waals surface area contributed by atoms with Crippen molar-refractivity contribution < 1.29 is 9.90 Å². The Morgan fingerprint density at radius 2 is 2.44 bits per heavy atom. The smallest absolute Gasteiger partial charge is 0.320 e. The third-order valence-corrected chi connectivity index (χ3v) is 3.62. The van der Waals surface area contributed by atoms with E-state index in [2.05, 4.69) is 15.3 Å². The molecule has 1 unspecified atom stereocenters. The maximum atomic E-state index is 11.1. The van der Waals surface area contributed by atoms with Crippen LogP contribution < -0.4 is 5.32 Å². The van der Waals surface area contributed by atoms with E-state index in [4.69, 9.17) is 5.11 Å². The number of aromatic nitrogens is 2. The monoisotopic (exact) mass is 267 g/mol. The zero-order valence-electron chi connectivity index (χ0n) is 10.3. The Morgan fingerprint density at radius 3 is 3.06 bits per heavy atom. The molecule has 0 saturated heterocycles. The van der Waals surface area contributed by atoms with Gasteiger partial charge in [0, 0.05) is 23.7 Å². The fourth-order valence-corrected chi connectivity index (χ4v) is 2.46. The van der Waals surface area contributed by atoms with Crippen molar-refractivity contribution >= 4 is 17.7 Å². The van der Waals surface area contributed by atoms with Crippen molar-refractivity contribution in [2.75, 3.05) is 5.75 Å². The molecule has 6 heteroatoms. The van der Waals surface area contributed by atoms with E-state index in [1.165, 1.54) is 11.8 Å². The van der Waals surface area contributed by atoms with Crippen LogP contribution in [0.2, 0.25) is 0 Å². The van der Waals surface area contributed by atoms with Crippen LogP contribution in [0.3, 0.4) is 0 Å². The second-order valence-corrected chi connectivity index (χ2v) is 5.51. The van der Waals surface area contributed by atoms with Crippen molar-refractivity contribution in [1.29, 1.82) is 0 Å². The van der Waals surface area contributed by atoms with Gasteiger partial charge in [-0.3, -0.25) is 4.79 Å². The Labute approximate surface area is 110 Å². The number of aliphatic carboxylic acids is 1. The summed E-state index contributed by atoms with van der Waals surface area (Å²) in [5.41, 5.74) is 0.929. The Morgan fingerprint density at radius 1 is 1.67 bits per heavy atom. The summed E-state index contributed by atoms with van der Waals surface area (Å²) in [6.07, 6.45) is 4.51. The van der Waals surface area contributed by atoms with Gasteiger partial charge in [-0.25, -0.2) is 9.97 Å². The number of carboxylic acids is 1. The van der Waals surface area contributed by atoms with E-state index >= 15 is 0 Å². The van der Waals surface area contributed by atoms with Crippen molar-refractivity contribution in [1.82, 2.24) is 15.3 Å². The van der Waals surface area contributed by atoms with Crippen LogP contribution >= 0.6 is 11.8 Å². The first-order valence-corrected chi connectivity index (χ1v) is 7.05. The highest BCUT2D eigenvalue weighted by molar-refractivity contribution is 7.99. The lowest BCUT2D eigenvalue weighted by molar-refractivity contribution is -0.139. The van der Waals surface area contributed by atoms with Gasteiger partial charge in [0.05, 0.1) is 0 Å². The summed E-state index contributed by atoms with van der Waals surface area (Å²) in [5.74, 6) is -0.0622. The molecule has 0 radical (unpaired) electrons. The molecule has 2 N–H and O–H groups in total. The molecule has 1 fully saturated rings. The second kappa shape index (κ2) is 6.15. The van der Waals surface area contributed by atoms with Gasteiger partial charge < -0.3 is 10.4 Å². The van der Waals surface area contributed by atoms with E-state index in [9.17, 15) is 4.79 Å². The van der Waals surface area contributed by atoms with Gasteiger partial charge in [0.25, 0.3) is 0 Å². The number of nitrogens with one attached hydrogen (secondary N) is 1. The second-order valence-electron chi connectivity index (χ2n) is 4.45. The van der Waals surface area contributed by atoms with Gasteiger partial charge in [-0.15, -0.1) is 0 Å². The minimum Gasteiger partial charge on any atom is -0.480 e. The summed E-state index contributed by atoms with van der Waals surface area (Å²) in [7, 11) is 0. The van der Waals surface area contributed by atoms with E-state index in [0.29, 0.717) is 23.4 Å². The minimum absolute atomic E-state index is 0.409. The minimum atomic E-state index is -0.771. The zero-order valence-corrected chi connectivity index (χ0v) is 11.1. The quantitative estimate of drug-likeness (QED) is 0.575. The molecule has 0 amide bonds. The van der Waals surface area contributed by atoms with Crippen LogP contribution in [0.25, 0.3) is 0 Å². The van der Waals surface area contributed by atoms with Crippen LogP contribution in [0, 0.1) is 6.92 Å². The molecule has 5 nitrogen and oxygen atoms in total. The maximum Gasteiger partial charge on any atom is 0.320 e. The highest BCUT2D eigenvalue weighted by Crippen LogP contribution is 2.21. The van der Waals surface area contributed by atoms with Gasteiger partial charge in [-0.05, 0) is 32.3 Å². The lowest BCUT2D eigenvalue weighted by Crippen LogP contribution is -2.38. The number of carbonyl (C=O) groups is 1. The van der Waals surface area contributed by atoms with Crippen molar-refractivity contribution in [3.05, 3.63) is 18.0 Å². The topological polar surface area (TPSA) is 75.1 Å². The molecule has 0 spiro atoms. The molecule has 18 heavy (non-hydrogen) atoms. The first-order chi connectivity index (χ1) is 8.65. The summed E-state index contributed by atoms with van der Waals surface area (Å²) in [5, 5.41) is 12.9. The lowest BCUT2D eigenvalue weighted by Gasteiger charge is -2.13. The van der Waals surface area contributed by atoms with E-state index < -0.39 is 12.0 Å². The molecule has 1 aromatic rings. The van der Waals surface area contributed by atoms with Crippen LogP contribution in [-0.4, -0.2) is 38.9 Å². The Kier molecular flexibility index (Phi) is 4.54. The molecule has 0 aromatic carbocycles. The van der Waals surface area contributed by atoms with Crippen LogP contribution in [-0.2, 0) is 4.79 Å². The summed E-state index contributed by atoms with van der Waals surface area (Å²) in [4.78, 5) is 19.5. The number of carboxylic acid groups (broad SMARTS) is 1. The zero-order chi connectivity index (χ0) is 13.0. The molecule has 1 saturated carbocycles. The number of thioether (sulfide) groups is 1. The fourth-order valence-electron chi connectivity index (χ4n) is 1.58. The highest BCUT2D eigenvalue weighted by Gasteiger charge is 2.27. The van der Waals surface area contributed by atoms with E-state index in [0.717, 1.165) is 18.5 Å². The SMILES string of the molecule is Cc1ccnc(SCCC(NC2CC2)C(=O)O)n1. The number of hydrogen-bond acceptors (Lipinski definition) is 5. The third kappa shape index (κ3) is 4.27. The van der Waals surface area contributed by atoms with Crippen molar-refractivity contribution in [3.8, 4) is 0 Å². The van der Waals surface area contributed by atoms with Gasteiger partial charge in [0.2, 0.25) is 0 Å². The van der Waals surface area contributed by atoms with Crippen LogP contribution in [0.5, 0.6) is 0 Å². The normalized spacial score (nSPS) is 16.5. The molecular formula is C12H17N3O2S. The van der Waals surface area contributed by atoms with Crippen LogP contribution in [0.4, 0.5) is 0 Å². The molecular weight excluding hydrogens is 250 g/mol. The average molecular weight is 267 g/mol. The highest BCUT2D eigenvalue weighted by atomic mass is 32.2. The summed E-state index contributed by atoms with van der Waals surface area (Å²) < 4.78 is 0. The summed E-state index contributed by atoms with van der Waals surface area (Å²) in [6.45, 7) is 1.92. The molecule has 1 aliphatic rings. The third-order valence-electron chi connectivity index (χ3n) is 2.72. The molecule has 1 atom stereocenters. The van der Waals surface area contributed by atoms with Gasteiger partial charge in [-0.1, -0.05) is 11.8 Å². The molecule has 1 heterocycles. The first-order valence-electron chi connectivity index (χ1n) is 6.06. The maximum absolute atomic E-state index is 11.1. The predicted octanol–water partition coefficient (Wildman–Crippen LogP) is 1.47. The average Bonchev–Trinajstić information content (AvgIpc) is 3.11. The van der Waals surface area contributed by atoms with E-state index in [1.54, 1.807) is 6.20 Å². The molecule has 0 aliphatic heterocycles. The Bertz CT molecular complexity index is 424. The van der Waals surface area contributed by atoms with Gasteiger partial charge >= 0.3 is 5.97 Å². The lowest BCUT2D eigenvalue weighted by atomic mass is 10.2. The number of nitrogens with zero attached hydrogens (tertiary/aromatic N) is 2. The van der Waals surface area contributed by atoms with E-state index in [1.807, 2.05) is 13.0 Å². The predicted molar refractivity (Wildman–Crippen MR) is 69.7 cm³/mol. The van der Waals surface area contributed by atoms with Gasteiger partial charge in [0.15, 0.2) is 5.16 Å². The number of hydrogen-bond donors (Lipinski definition) is 2. The van der Waals surface area contributed by atoms with Crippen LogP contribution in [0.1, 0.15) is 25.0 Å². The molecule has 98 valence electrons. The number of rotatable bonds is 7. The molecule has 0 bridgehead atoms.